The van der Waals surface area contributed by atoms with E-state index in [1.54, 1.807) is 13.0 Å². The Hall–Kier alpha value is -1.47. The number of nitro groups is 1. The van der Waals surface area contributed by atoms with Gasteiger partial charge in [0.1, 0.15) is 0 Å². The van der Waals surface area contributed by atoms with E-state index in [0.717, 1.165) is 6.54 Å². The molecule has 7 heteroatoms. The van der Waals surface area contributed by atoms with Crippen molar-refractivity contribution in [1.82, 2.24) is 5.32 Å². The van der Waals surface area contributed by atoms with Crippen molar-refractivity contribution in [3.05, 3.63) is 32.3 Å². The van der Waals surface area contributed by atoms with E-state index in [-0.39, 0.29) is 17.6 Å². The first kappa shape index (κ1) is 16.6. The highest BCUT2D eigenvalue weighted by Crippen LogP contribution is 2.30. The minimum Gasteiger partial charge on any atom is -0.325 e. The SMILES string of the molecule is CCNC(C)CC(=O)Nc1cc([N+](=O)[O-])c(C)cc1Br. The number of rotatable bonds is 6. The fourth-order valence-electron chi connectivity index (χ4n) is 1.85. The average Bonchev–Trinajstić information content (AvgIpc) is 2.32. The highest BCUT2D eigenvalue weighted by atomic mass is 79.9. The minimum absolute atomic E-state index is 0.0109. The maximum Gasteiger partial charge on any atom is 0.274 e. The first-order valence-electron chi connectivity index (χ1n) is 6.33. The molecule has 1 aromatic carbocycles. The maximum absolute atomic E-state index is 11.9. The second-order valence-corrected chi connectivity index (χ2v) is 5.44. The van der Waals surface area contributed by atoms with E-state index in [9.17, 15) is 14.9 Å². The molecule has 0 fully saturated rings. The van der Waals surface area contributed by atoms with Gasteiger partial charge in [0, 0.05) is 28.6 Å². The van der Waals surface area contributed by atoms with E-state index in [1.165, 1.54) is 6.07 Å². The number of halogens is 1. The predicted octanol–water partition coefficient (Wildman–Crippen LogP) is 2.99. The summed E-state index contributed by atoms with van der Waals surface area (Å²) in [6, 6.07) is 3.05. The summed E-state index contributed by atoms with van der Waals surface area (Å²) in [5.41, 5.74) is 0.945. The Labute approximate surface area is 126 Å². The molecule has 1 amide bonds. The van der Waals surface area contributed by atoms with Crippen molar-refractivity contribution in [1.29, 1.82) is 0 Å². The second-order valence-electron chi connectivity index (χ2n) is 4.59. The third-order valence-electron chi connectivity index (χ3n) is 2.80. The molecular formula is C13H18BrN3O3. The van der Waals surface area contributed by atoms with Crippen LogP contribution in [0.25, 0.3) is 0 Å². The molecular weight excluding hydrogens is 326 g/mol. The van der Waals surface area contributed by atoms with Crippen molar-refractivity contribution in [2.45, 2.75) is 33.2 Å². The van der Waals surface area contributed by atoms with Crippen LogP contribution in [0.5, 0.6) is 0 Å². The fourth-order valence-corrected chi connectivity index (χ4v) is 2.41. The lowest BCUT2D eigenvalue weighted by Gasteiger charge is -2.13. The smallest absolute Gasteiger partial charge is 0.274 e. The fraction of sp³-hybridized carbons (Fsp3) is 0.462. The molecule has 1 rings (SSSR count). The zero-order chi connectivity index (χ0) is 15.3. The van der Waals surface area contributed by atoms with Gasteiger partial charge in [-0.25, -0.2) is 0 Å². The monoisotopic (exact) mass is 343 g/mol. The number of aryl methyl sites for hydroxylation is 1. The van der Waals surface area contributed by atoms with Gasteiger partial charge in [0.25, 0.3) is 5.69 Å². The highest BCUT2D eigenvalue weighted by Gasteiger charge is 2.16. The lowest BCUT2D eigenvalue weighted by Crippen LogP contribution is -2.30. The van der Waals surface area contributed by atoms with Crippen LogP contribution < -0.4 is 10.6 Å². The van der Waals surface area contributed by atoms with Gasteiger partial charge in [0.2, 0.25) is 5.91 Å². The van der Waals surface area contributed by atoms with Gasteiger partial charge in [-0.3, -0.25) is 14.9 Å². The molecule has 0 spiro atoms. The Morgan fingerprint density at radius 3 is 2.70 bits per heavy atom. The van der Waals surface area contributed by atoms with Crippen LogP contribution in [0.15, 0.2) is 16.6 Å². The summed E-state index contributed by atoms with van der Waals surface area (Å²) < 4.78 is 0.630. The summed E-state index contributed by atoms with van der Waals surface area (Å²) in [6.45, 7) is 6.32. The number of nitrogens with zero attached hydrogens (tertiary/aromatic N) is 1. The van der Waals surface area contributed by atoms with Crippen LogP contribution in [-0.4, -0.2) is 23.4 Å². The zero-order valence-electron chi connectivity index (χ0n) is 11.7. The molecule has 0 radical (unpaired) electrons. The number of hydrogen-bond acceptors (Lipinski definition) is 4. The van der Waals surface area contributed by atoms with Crippen molar-refractivity contribution >= 4 is 33.2 Å². The number of anilines is 1. The van der Waals surface area contributed by atoms with Crippen molar-refractivity contribution in [2.24, 2.45) is 0 Å². The van der Waals surface area contributed by atoms with E-state index in [2.05, 4.69) is 26.6 Å². The normalized spacial score (nSPS) is 12.0. The van der Waals surface area contributed by atoms with Crippen LogP contribution in [-0.2, 0) is 4.79 Å². The number of carbonyl (C=O) groups is 1. The number of nitrogens with one attached hydrogen (secondary N) is 2. The third-order valence-corrected chi connectivity index (χ3v) is 3.46. The molecule has 0 aliphatic carbocycles. The van der Waals surface area contributed by atoms with Gasteiger partial charge in [-0.05, 0) is 42.4 Å². The van der Waals surface area contributed by atoms with Gasteiger partial charge in [-0.15, -0.1) is 0 Å². The number of benzene rings is 1. The lowest BCUT2D eigenvalue weighted by atomic mass is 10.1. The van der Waals surface area contributed by atoms with E-state index < -0.39 is 4.92 Å². The van der Waals surface area contributed by atoms with Gasteiger partial charge in [-0.2, -0.15) is 0 Å². The summed E-state index contributed by atoms with van der Waals surface area (Å²) in [4.78, 5) is 22.3. The molecule has 1 aromatic rings. The summed E-state index contributed by atoms with van der Waals surface area (Å²) in [7, 11) is 0. The number of amides is 1. The molecule has 0 heterocycles. The number of carbonyl (C=O) groups excluding carboxylic acids is 1. The number of hydrogen-bond donors (Lipinski definition) is 2. The van der Waals surface area contributed by atoms with Crippen LogP contribution in [0.4, 0.5) is 11.4 Å². The van der Waals surface area contributed by atoms with Crippen molar-refractivity contribution in [2.75, 3.05) is 11.9 Å². The first-order chi connectivity index (χ1) is 9.35. The molecule has 20 heavy (non-hydrogen) atoms. The Morgan fingerprint density at radius 2 is 2.15 bits per heavy atom. The van der Waals surface area contributed by atoms with Crippen LogP contribution >= 0.6 is 15.9 Å². The van der Waals surface area contributed by atoms with Crippen molar-refractivity contribution in [3.63, 3.8) is 0 Å². The molecule has 0 saturated carbocycles. The molecule has 0 saturated heterocycles. The standard InChI is InChI=1S/C13H18BrN3O3/c1-4-15-9(3)6-13(18)16-11-7-12(17(19)20)8(2)5-10(11)14/h5,7,9,15H,4,6H2,1-3H3,(H,16,18). The summed E-state index contributed by atoms with van der Waals surface area (Å²) >= 11 is 3.30. The average molecular weight is 344 g/mol. The summed E-state index contributed by atoms with van der Waals surface area (Å²) in [5, 5.41) is 16.7. The van der Waals surface area contributed by atoms with Gasteiger partial charge in [0.15, 0.2) is 0 Å². The molecule has 0 aliphatic rings. The van der Waals surface area contributed by atoms with Crippen molar-refractivity contribution < 1.29 is 9.72 Å². The predicted molar refractivity (Wildman–Crippen MR) is 81.9 cm³/mol. The van der Waals surface area contributed by atoms with Gasteiger partial charge >= 0.3 is 0 Å². The van der Waals surface area contributed by atoms with Crippen LogP contribution in [0.1, 0.15) is 25.8 Å². The molecule has 0 aromatic heterocycles. The number of nitro benzene ring substituents is 1. The molecule has 1 atom stereocenters. The Bertz CT molecular complexity index is 520. The van der Waals surface area contributed by atoms with Crippen LogP contribution in [0, 0.1) is 17.0 Å². The maximum atomic E-state index is 11.9. The lowest BCUT2D eigenvalue weighted by molar-refractivity contribution is -0.385. The summed E-state index contributed by atoms with van der Waals surface area (Å²) in [5.74, 6) is -0.183. The molecule has 110 valence electrons. The van der Waals surface area contributed by atoms with Gasteiger partial charge in [0.05, 0.1) is 10.6 Å². The largest absolute Gasteiger partial charge is 0.325 e. The minimum atomic E-state index is -0.460. The Kier molecular flexibility index (Phi) is 6.09. The first-order valence-corrected chi connectivity index (χ1v) is 7.12. The zero-order valence-corrected chi connectivity index (χ0v) is 13.3. The molecule has 0 aliphatic heterocycles. The molecule has 0 bridgehead atoms. The van der Waals surface area contributed by atoms with E-state index in [4.69, 9.17) is 0 Å². The Morgan fingerprint density at radius 1 is 1.50 bits per heavy atom. The van der Waals surface area contributed by atoms with Gasteiger partial charge in [-0.1, -0.05) is 6.92 Å². The van der Waals surface area contributed by atoms with E-state index in [1.807, 2.05) is 13.8 Å². The molecule has 2 N–H and O–H groups in total. The van der Waals surface area contributed by atoms with E-state index in [0.29, 0.717) is 22.1 Å². The van der Waals surface area contributed by atoms with Crippen LogP contribution in [0.2, 0.25) is 0 Å². The summed E-state index contributed by atoms with van der Waals surface area (Å²) in [6.07, 6.45) is 0.307. The third kappa shape index (κ3) is 4.57. The molecule has 6 nitrogen and oxygen atoms in total. The van der Waals surface area contributed by atoms with Crippen LogP contribution in [0.3, 0.4) is 0 Å². The topological polar surface area (TPSA) is 84.3 Å². The Balaban J connectivity index is 2.84. The molecule has 1 unspecified atom stereocenters. The van der Waals surface area contributed by atoms with Gasteiger partial charge < -0.3 is 10.6 Å². The second kappa shape index (κ2) is 7.35. The quantitative estimate of drug-likeness (QED) is 0.614. The van der Waals surface area contributed by atoms with E-state index >= 15 is 0 Å². The highest BCUT2D eigenvalue weighted by molar-refractivity contribution is 9.10. The van der Waals surface area contributed by atoms with Crippen molar-refractivity contribution in [3.8, 4) is 0 Å².